The molecule has 4 heteroatoms. The first-order valence-electron chi connectivity index (χ1n) is 5.49. The summed E-state index contributed by atoms with van der Waals surface area (Å²) >= 11 is 0. The summed E-state index contributed by atoms with van der Waals surface area (Å²) in [7, 11) is -2.19. The Hall–Kier alpha value is 0.722. The van der Waals surface area contributed by atoms with E-state index in [1.807, 2.05) is 0 Å². The van der Waals surface area contributed by atoms with Crippen LogP contribution < -0.4 is 0 Å². The third kappa shape index (κ3) is 15.2. The van der Waals surface area contributed by atoms with Crippen molar-refractivity contribution in [1.29, 1.82) is 0 Å². The first-order chi connectivity index (χ1) is 6.27. The van der Waals surface area contributed by atoms with Gasteiger partial charge in [0.05, 0.1) is 0 Å². The molecule has 0 bridgehead atoms. The zero-order valence-corrected chi connectivity index (χ0v) is 11.4. The molecular weight excluding hydrogens is 235 g/mol. The molecule has 0 aliphatic rings. The SMILES string of the molecule is CCCCCCCCCC[PH](=O)O.[Cr]. The van der Waals surface area contributed by atoms with Gasteiger partial charge in [0.15, 0.2) is 8.03 Å². The van der Waals surface area contributed by atoms with Crippen molar-refractivity contribution in [2.24, 2.45) is 0 Å². The summed E-state index contributed by atoms with van der Waals surface area (Å²) in [4.78, 5) is 8.57. The molecule has 1 N–H and O–H groups in total. The molecule has 2 nitrogen and oxygen atoms in total. The van der Waals surface area contributed by atoms with Gasteiger partial charge in [-0.3, -0.25) is 4.57 Å². The molecule has 0 aliphatic carbocycles. The second kappa shape index (κ2) is 13.7. The number of hydrogen-bond donors (Lipinski definition) is 1. The number of rotatable bonds is 9. The predicted molar refractivity (Wildman–Crippen MR) is 58.7 cm³/mol. The Morgan fingerprint density at radius 3 is 1.79 bits per heavy atom. The Balaban J connectivity index is 0. The van der Waals surface area contributed by atoms with Crippen molar-refractivity contribution in [3.8, 4) is 0 Å². The Kier molecular flexibility index (Phi) is 16.8. The van der Waals surface area contributed by atoms with Gasteiger partial charge < -0.3 is 4.89 Å². The maximum Gasteiger partial charge on any atom is 0.189 e. The molecule has 14 heavy (non-hydrogen) atoms. The molecule has 1 unspecified atom stereocenters. The maximum atomic E-state index is 10.4. The van der Waals surface area contributed by atoms with Crippen LogP contribution in [0.3, 0.4) is 0 Å². The molecule has 0 aliphatic heterocycles. The average molecular weight is 258 g/mol. The average Bonchev–Trinajstić information content (AvgIpc) is 2.09. The van der Waals surface area contributed by atoms with E-state index in [-0.39, 0.29) is 17.4 Å². The van der Waals surface area contributed by atoms with E-state index in [1.165, 1.54) is 38.5 Å². The first kappa shape index (κ1) is 17.1. The van der Waals surface area contributed by atoms with Crippen LogP contribution in [0.5, 0.6) is 0 Å². The summed E-state index contributed by atoms with van der Waals surface area (Å²) in [6, 6.07) is 0. The summed E-state index contributed by atoms with van der Waals surface area (Å²) in [5.74, 6) is 0. The quantitative estimate of drug-likeness (QED) is 0.507. The van der Waals surface area contributed by atoms with E-state index in [9.17, 15) is 4.57 Å². The van der Waals surface area contributed by atoms with Gasteiger partial charge in [0.1, 0.15) is 0 Å². The van der Waals surface area contributed by atoms with E-state index in [4.69, 9.17) is 4.89 Å². The summed E-state index contributed by atoms with van der Waals surface area (Å²) < 4.78 is 10.4. The van der Waals surface area contributed by atoms with E-state index < -0.39 is 8.03 Å². The number of unbranched alkanes of at least 4 members (excludes halogenated alkanes) is 7. The largest absolute Gasteiger partial charge is 0.346 e. The zero-order valence-electron chi connectivity index (χ0n) is 9.13. The second-order valence-corrected chi connectivity index (χ2v) is 4.91. The molecule has 0 aromatic carbocycles. The van der Waals surface area contributed by atoms with Gasteiger partial charge in [-0.05, 0) is 6.42 Å². The molecule has 1 atom stereocenters. The summed E-state index contributed by atoms with van der Waals surface area (Å²) in [6.07, 6.45) is 10.5. The minimum Gasteiger partial charge on any atom is -0.346 e. The van der Waals surface area contributed by atoms with Crippen LogP contribution in [0.1, 0.15) is 58.3 Å². The smallest absolute Gasteiger partial charge is 0.189 e. The van der Waals surface area contributed by atoms with E-state index in [0.29, 0.717) is 6.16 Å². The Bertz CT molecular complexity index is 131. The van der Waals surface area contributed by atoms with Gasteiger partial charge >= 0.3 is 0 Å². The van der Waals surface area contributed by atoms with Crippen molar-refractivity contribution in [3.05, 3.63) is 0 Å². The third-order valence-electron chi connectivity index (χ3n) is 2.24. The third-order valence-corrected chi connectivity index (χ3v) is 3.03. The van der Waals surface area contributed by atoms with Crippen molar-refractivity contribution >= 4 is 8.03 Å². The minimum absolute atomic E-state index is 0. The topological polar surface area (TPSA) is 37.3 Å². The molecule has 0 spiro atoms. The zero-order chi connectivity index (χ0) is 9.94. The molecule has 86 valence electrons. The normalized spacial score (nSPS) is 12.1. The maximum absolute atomic E-state index is 10.4. The molecule has 0 aromatic heterocycles. The summed E-state index contributed by atoms with van der Waals surface area (Å²) in [5, 5.41) is 0. The van der Waals surface area contributed by atoms with Gasteiger partial charge in [0, 0.05) is 23.5 Å². The van der Waals surface area contributed by atoms with Crippen LogP contribution in [-0.4, -0.2) is 11.1 Å². The van der Waals surface area contributed by atoms with E-state index in [2.05, 4.69) is 6.92 Å². The van der Waals surface area contributed by atoms with Crippen LogP contribution in [0.15, 0.2) is 0 Å². The summed E-state index contributed by atoms with van der Waals surface area (Å²) in [6.45, 7) is 2.22. The van der Waals surface area contributed by atoms with Gasteiger partial charge in [-0.25, -0.2) is 0 Å². The second-order valence-electron chi connectivity index (χ2n) is 3.62. The monoisotopic (exact) mass is 258 g/mol. The fraction of sp³-hybridized carbons (Fsp3) is 1.00. The van der Waals surface area contributed by atoms with Gasteiger partial charge in [0.2, 0.25) is 0 Å². The van der Waals surface area contributed by atoms with Crippen molar-refractivity contribution in [2.45, 2.75) is 58.3 Å². The van der Waals surface area contributed by atoms with Crippen molar-refractivity contribution in [2.75, 3.05) is 6.16 Å². The van der Waals surface area contributed by atoms with Gasteiger partial charge in [-0.2, -0.15) is 0 Å². The molecule has 0 saturated carbocycles. The number of hydrogen-bond acceptors (Lipinski definition) is 1. The van der Waals surface area contributed by atoms with Crippen LogP contribution in [0.25, 0.3) is 0 Å². The molecular formula is C10H23CrO2P. The first-order valence-corrected chi connectivity index (χ1v) is 7.05. The molecule has 0 radical (unpaired) electrons. The Morgan fingerprint density at radius 1 is 0.929 bits per heavy atom. The van der Waals surface area contributed by atoms with Crippen molar-refractivity contribution in [3.63, 3.8) is 0 Å². The fourth-order valence-corrected chi connectivity index (χ4v) is 1.96. The molecule has 0 fully saturated rings. The van der Waals surface area contributed by atoms with Gasteiger partial charge in [0.25, 0.3) is 0 Å². The van der Waals surface area contributed by atoms with Crippen LogP contribution >= 0.6 is 8.03 Å². The molecule has 0 aromatic rings. The van der Waals surface area contributed by atoms with Crippen LogP contribution in [-0.2, 0) is 21.9 Å². The van der Waals surface area contributed by atoms with Crippen molar-refractivity contribution in [1.82, 2.24) is 0 Å². The minimum atomic E-state index is -2.19. The van der Waals surface area contributed by atoms with E-state index in [0.717, 1.165) is 12.8 Å². The van der Waals surface area contributed by atoms with Crippen LogP contribution in [0.4, 0.5) is 0 Å². The fourth-order valence-electron chi connectivity index (χ4n) is 1.41. The molecule has 0 amide bonds. The Labute approximate surface area is 99.5 Å². The summed E-state index contributed by atoms with van der Waals surface area (Å²) in [5.41, 5.74) is 0. The standard InChI is InChI=1S/C10H23O2P.Cr/c1-2-3-4-5-6-7-8-9-10-13(11)12;/h13H,2-10H2,1H3,(H,11,12);. The van der Waals surface area contributed by atoms with Crippen molar-refractivity contribution < 1.29 is 26.8 Å². The van der Waals surface area contributed by atoms with Gasteiger partial charge in [-0.15, -0.1) is 0 Å². The van der Waals surface area contributed by atoms with Gasteiger partial charge in [-0.1, -0.05) is 51.9 Å². The van der Waals surface area contributed by atoms with Crippen LogP contribution in [0, 0.1) is 0 Å². The van der Waals surface area contributed by atoms with E-state index in [1.54, 1.807) is 0 Å². The predicted octanol–water partition coefficient (Wildman–Crippen LogP) is 3.59. The van der Waals surface area contributed by atoms with E-state index >= 15 is 0 Å². The Morgan fingerprint density at radius 2 is 1.36 bits per heavy atom. The van der Waals surface area contributed by atoms with Crippen LogP contribution in [0.2, 0.25) is 0 Å². The molecule has 0 heterocycles. The molecule has 0 saturated heterocycles. The molecule has 0 rings (SSSR count).